The molecule has 0 amide bonds. The number of hydrogen-bond acceptors (Lipinski definition) is 3. The molecular formula is C8H14N4. The number of imidazole rings is 1. The van der Waals surface area contributed by atoms with Crippen LogP contribution < -0.4 is 11.1 Å². The number of hydrogen-bond donors (Lipinski definition) is 2. The minimum absolute atomic E-state index is 0.606. The highest BCUT2D eigenvalue weighted by Gasteiger charge is 2.20. The fraction of sp³-hybridized carbons (Fsp3) is 0.625. The molecule has 0 saturated carbocycles. The van der Waals surface area contributed by atoms with Gasteiger partial charge in [0.15, 0.2) is 0 Å². The van der Waals surface area contributed by atoms with Gasteiger partial charge in [-0.15, -0.1) is 0 Å². The molecule has 1 aliphatic heterocycles. The Hall–Kier alpha value is -0.870. The highest BCUT2D eigenvalue weighted by Crippen LogP contribution is 2.13. The summed E-state index contributed by atoms with van der Waals surface area (Å²) < 4.78 is 2.23. The standard InChI is InChI=1S/C8H14N4/c9-2-1-8-11-3-4-12(8)7-5-10-6-7/h3-4,7,10H,1-2,5-6,9H2. The van der Waals surface area contributed by atoms with Gasteiger partial charge in [0.2, 0.25) is 0 Å². The van der Waals surface area contributed by atoms with Gasteiger partial charge < -0.3 is 15.6 Å². The van der Waals surface area contributed by atoms with Crippen molar-refractivity contribution >= 4 is 0 Å². The molecule has 0 unspecified atom stereocenters. The number of nitrogens with zero attached hydrogens (tertiary/aromatic N) is 2. The smallest absolute Gasteiger partial charge is 0.110 e. The zero-order valence-corrected chi connectivity index (χ0v) is 7.03. The first-order valence-corrected chi connectivity index (χ1v) is 4.34. The number of nitrogens with two attached hydrogens (primary N) is 1. The van der Waals surface area contributed by atoms with Crippen LogP contribution in [-0.4, -0.2) is 29.2 Å². The van der Waals surface area contributed by atoms with E-state index in [4.69, 9.17) is 5.73 Å². The average molecular weight is 166 g/mol. The van der Waals surface area contributed by atoms with Crippen molar-refractivity contribution in [2.45, 2.75) is 12.5 Å². The SMILES string of the molecule is NCCc1nccn1C1CNC1. The number of rotatable bonds is 3. The maximum Gasteiger partial charge on any atom is 0.110 e. The summed E-state index contributed by atoms with van der Waals surface area (Å²) in [7, 11) is 0. The molecule has 0 bridgehead atoms. The summed E-state index contributed by atoms with van der Waals surface area (Å²) >= 11 is 0. The van der Waals surface area contributed by atoms with Gasteiger partial charge in [-0.1, -0.05) is 0 Å². The Kier molecular flexibility index (Phi) is 2.10. The molecule has 0 radical (unpaired) electrons. The summed E-state index contributed by atoms with van der Waals surface area (Å²) in [5, 5.41) is 3.24. The van der Waals surface area contributed by atoms with Gasteiger partial charge in [0.05, 0.1) is 6.04 Å². The largest absolute Gasteiger partial charge is 0.330 e. The lowest BCUT2D eigenvalue weighted by Gasteiger charge is -2.29. The molecule has 3 N–H and O–H groups in total. The first-order chi connectivity index (χ1) is 5.92. The molecule has 12 heavy (non-hydrogen) atoms. The molecule has 0 atom stereocenters. The van der Waals surface area contributed by atoms with Gasteiger partial charge in [-0.2, -0.15) is 0 Å². The van der Waals surface area contributed by atoms with Crippen molar-refractivity contribution in [1.82, 2.24) is 14.9 Å². The van der Waals surface area contributed by atoms with Crippen molar-refractivity contribution in [2.24, 2.45) is 5.73 Å². The van der Waals surface area contributed by atoms with E-state index in [1.165, 1.54) is 0 Å². The number of nitrogens with one attached hydrogen (secondary N) is 1. The second-order valence-corrected chi connectivity index (χ2v) is 3.10. The van der Waals surface area contributed by atoms with Crippen molar-refractivity contribution in [3.63, 3.8) is 0 Å². The van der Waals surface area contributed by atoms with Gasteiger partial charge in [-0.25, -0.2) is 4.98 Å². The summed E-state index contributed by atoms with van der Waals surface area (Å²) in [6, 6.07) is 0.606. The minimum Gasteiger partial charge on any atom is -0.330 e. The molecule has 2 heterocycles. The van der Waals surface area contributed by atoms with Crippen molar-refractivity contribution in [1.29, 1.82) is 0 Å². The summed E-state index contributed by atoms with van der Waals surface area (Å²) in [5.74, 6) is 1.11. The first-order valence-electron chi connectivity index (χ1n) is 4.34. The van der Waals surface area contributed by atoms with Crippen LogP contribution in [0.25, 0.3) is 0 Å². The zero-order valence-electron chi connectivity index (χ0n) is 7.03. The van der Waals surface area contributed by atoms with E-state index in [1.807, 2.05) is 12.4 Å². The summed E-state index contributed by atoms with van der Waals surface area (Å²) in [6.07, 6.45) is 4.77. The minimum atomic E-state index is 0.606. The van der Waals surface area contributed by atoms with Crippen molar-refractivity contribution in [2.75, 3.05) is 19.6 Å². The van der Waals surface area contributed by atoms with E-state index in [0.717, 1.165) is 25.3 Å². The maximum absolute atomic E-state index is 5.48. The molecule has 4 heteroatoms. The van der Waals surface area contributed by atoms with E-state index in [-0.39, 0.29) is 0 Å². The Morgan fingerprint density at radius 2 is 2.50 bits per heavy atom. The summed E-state index contributed by atoms with van der Waals surface area (Å²) in [5.41, 5.74) is 5.48. The van der Waals surface area contributed by atoms with Crippen molar-refractivity contribution in [3.05, 3.63) is 18.2 Å². The molecule has 1 aromatic heterocycles. The second-order valence-electron chi connectivity index (χ2n) is 3.10. The Bertz CT molecular complexity index is 251. The van der Waals surface area contributed by atoms with E-state index in [9.17, 15) is 0 Å². The molecule has 2 rings (SSSR count). The average Bonchev–Trinajstić information content (AvgIpc) is 2.35. The Labute approximate surface area is 71.8 Å². The lowest BCUT2D eigenvalue weighted by atomic mass is 10.2. The van der Waals surface area contributed by atoms with Crippen LogP contribution in [0.2, 0.25) is 0 Å². The van der Waals surface area contributed by atoms with E-state index in [0.29, 0.717) is 12.6 Å². The van der Waals surface area contributed by atoms with Crippen LogP contribution in [0, 0.1) is 0 Å². The van der Waals surface area contributed by atoms with Crippen LogP contribution in [0.5, 0.6) is 0 Å². The van der Waals surface area contributed by atoms with Crippen molar-refractivity contribution in [3.8, 4) is 0 Å². The highest BCUT2D eigenvalue weighted by atomic mass is 15.2. The predicted molar refractivity (Wildman–Crippen MR) is 46.9 cm³/mol. The van der Waals surface area contributed by atoms with Gasteiger partial charge in [0, 0.05) is 31.9 Å². The Morgan fingerprint density at radius 3 is 3.08 bits per heavy atom. The van der Waals surface area contributed by atoms with Crippen LogP contribution in [-0.2, 0) is 6.42 Å². The molecule has 1 saturated heterocycles. The molecule has 4 nitrogen and oxygen atoms in total. The van der Waals surface area contributed by atoms with Crippen LogP contribution >= 0.6 is 0 Å². The molecule has 1 aromatic rings. The van der Waals surface area contributed by atoms with Crippen LogP contribution in [0.1, 0.15) is 11.9 Å². The van der Waals surface area contributed by atoms with E-state index < -0.39 is 0 Å². The van der Waals surface area contributed by atoms with Gasteiger partial charge in [0.25, 0.3) is 0 Å². The van der Waals surface area contributed by atoms with Gasteiger partial charge >= 0.3 is 0 Å². The monoisotopic (exact) mass is 166 g/mol. The Morgan fingerprint density at radius 1 is 1.67 bits per heavy atom. The molecule has 66 valence electrons. The third kappa shape index (κ3) is 1.23. The zero-order chi connectivity index (χ0) is 8.39. The fourth-order valence-electron chi connectivity index (χ4n) is 1.47. The third-order valence-corrected chi connectivity index (χ3v) is 2.27. The van der Waals surface area contributed by atoms with Gasteiger partial charge in [-0.3, -0.25) is 0 Å². The molecule has 0 spiro atoms. The summed E-state index contributed by atoms with van der Waals surface area (Å²) in [6.45, 7) is 2.80. The molecule has 1 fully saturated rings. The van der Waals surface area contributed by atoms with Gasteiger partial charge in [-0.05, 0) is 6.54 Å². The lowest BCUT2D eigenvalue weighted by Crippen LogP contribution is -2.43. The second kappa shape index (κ2) is 3.25. The third-order valence-electron chi connectivity index (χ3n) is 2.27. The number of aromatic nitrogens is 2. The quantitative estimate of drug-likeness (QED) is 0.638. The molecular weight excluding hydrogens is 152 g/mol. The molecule has 1 aliphatic rings. The lowest BCUT2D eigenvalue weighted by molar-refractivity contribution is 0.335. The Balaban J connectivity index is 2.12. The fourth-order valence-corrected chi connectivity index (χ4v) is 1.47. The van der Waals surface area contributed by atoms with E-state index >= 15 is 0 Å². The van der Waals surface area contributed by atoms with Crippen LogP contribution in [0.3, 0.4) is 0 Å². The normalized spacial score (nSPS) is 17.8. The first kappa shape index (κ1) is 7.76. The molecule has 0 aliphatic carbocycles. The van der Waals surface area contributed by atoms with Crippen LogP contribution in [0.15, 0.2) is 12.4 Å². The maximum atomic E-state index is 5.48. The van der Waals surface area contributed by atoms with E-state index in [2.05, 4.69) is 14.9 Å². The van der Waals surface area contributed by atoms with Crippen molar-refractivity contribution < 1.29 is 0 Å². The van der Waals surface area contributed by atoms with Crippen LogP contribution in [0.4, 0.5) is 0 Å². The highest BCUT2D eigenvalue weighted by molar-refractivity contribution is 4.99. The van der Waals surface area contributed by atoms with E-state index in [1.54, 1.807) is 0 Å². The summed E-state index contributed by atoms with van der Waals surface area (Å²) in [4.78, 5) is 4.26. The topological polar surface area (TPSA) is 55.9 Å². The predicted octanol–water partition coefficient (Wildman–Crippen LogP) is -0.471. The van der Waals surface area contributed by atoms with Gasteiger partial charge in [0.1, 0.15) is 5.82 Å². The molecule has 0 aromatic carbocycles.